The highest BCUT2D eigenvalue weighted by molar-refractivity contribution is 5.97. The van der Waals surface area contributed by atoms with Crippen LogP contribution >= 0.6 is 0 Å². The molecule has 0 radical (unpaired) electrons. The number of nitrogens with two attached hydrogens (primary N) is 3. The molecule has 0 saturated heterocycles. The zero-order valence-electron chi connectivity index (χ0n) is 7.57. The van der Waals surface area contributed by atoms with Gasteiger partial charge in [0.15, 0.2) is 0 Å². The summed E-state index contributed by atoms with van der Waals surface area (Å²) in [5.41, 5.74) is 13.1. The molecule has 70 valence electrons. The third-order valence-corrected chi connectivity index (χ3v) is 1.87. The van der Waals surface area contributed by atoms with Crippen LogP contribution in [0.3, 0.4) is 0 Å². The van der Waals surface area contributed by atoms with Crippen molar-refractivity contribution in [3.63, 3.8) is 0 Å². The predicted octanol–water partition coefficient (Wildman–Crippen LogP) is 0.285. The van der Waals surface area contributed by atoms with Crippen LogP contribution in [0.2, 0.25) is 0 Å². The molecule has 0 aliphatic carbocycles. The average Bonchev–Trinajstić information content (AvgIpc) is 2.17. The molecule has 1 rings (SSSR count). The van der Waals surface area contributed by atoms with E-state index in [-0.39, 0.29) is 6.04 Å². The van der Waals surface area contributed by atoms with Gasteiger partial charge in [0, 0.05) is 11.6 Å². The van der Waals surface area contributed by atoms with E-state index in [4.69, 9.17) is 17.3 Å². The van der Waals surface area contributed by atoms with Gasteiger partial charge in [-0.25, -0.2) is 0 Å². The zero-order valence-corrected chi connectivity index (χ0v) is 7.57. The summed E-state index contributed by atoms with van der Waals surface area (Å²) in [7, 11) is 0. The SMILES string of the molecule is C[C@@H](N)c1ccc(/C(N)=N/N)cc1. The molecule has 0 spiro atoms. The lowest BCUT2D eigenvalue weighted by Gasteiger charge is -2.05. The van der Waals surface area contributed by atoms with Gasteiger partial charge >= 0.3 is 0 Å². The molecule has 0 aliphatic heterocycles. The Hall–Kier alpha value is -1.55. The predicted molar refractivity (Wildman–Crippen MR) is 54.0 cm³/mol. The van der Waals surface area contributed by atoms with Crippen molar-refractivity contribution in [1.82, 2.24) is 0 Å². The molecular formula is C9H14N4. The van der Waals surface area contributed by atoms with Gasteiger partial charge in [0.05, 0.1) is 0 Å². The maximum Gasteiger partial charge on any atom is 0.150 e. The largest absolute Gasteiger partial charge is 0.382 e. The molecule has 4 nitrogen and oxygen atoms in total. The second kappa shape index (κ2) is 3.91. The molecule has 0 fully saturated rings. The third kappa shape index (κ3) is 2.19. The van der Waals surface area contributed by atoms with Gasteiger partial charge in [-0.05, 0) is 12.5 Å². The van der Waals surface area contributed by atoms with Gasteiger partial charge in [-0.2, -0.15) is 5.10 Å². The molecule has 0 aliphatic rings. The van der Waals surface area contributed by atoms with Crippen LogP contribution in [0.15, 0.2) is 29.4 Å². The van der Waals surface area contributed by atoms with Gasteiger partial charge in [0.2, 0.25) is 0 Å². The van der Waals surface area contributed by atoms with E-state index in [1.807, 2.05) is 31.2 Å². The van der Waals surface area contributed by atoms with E-state index in [0.29, 0.717) is 5.84 Å². The van der Waals surface area contributed by atoms with E-state index in [1.165, 1.54) is 0 Å². The first-order chi connectivity index (χ1) is 6.15. The van der Waals surface area contributed by atoms with Crippen LogP contribution < -0.4 is 17.3 Å². The number of hydrogen-bond donors (Lipinski definition) is 3. The fourth-order valence-electron chi connectivity index (χ4n) is 1.03. The molecule has 4 heteroatoms. The van der Waals surface area contributed by atoms with Crippen LogP contribution in [-0.2, 0) is 0 Å². The molecule has 1 aromatic rings. The van der Waals surface area contributed by atoms with Crippen molar-refractivity contribution in [2.24, 2.45) is 22.4 Å². The summed E-state index contributed by atoms with van der Waals surface area (Å²) in [6.45, 7) is 1.93. The highest BCUT2D eigenvalue weighted by Gasteiger charge is 2.00. The van der Waals surface area contributed by atoms with Crippen molar-refractivity contribution >= 4 is 5.84 Å². The summed E-state index contributed by atoms with van der Waals surface area (Å²) in [4.78, 5) is 0. The standard InChI is InChI=1S/C9H14N4/c1-6(10)7-2-4-8(5-3-7)9(11)13-12/h2-6H,10,12H2,1H3,(H2,11,13)/t6-/m1/s1. The van der Waals surface area contributed by atoms with Gasteiger partial charge in [0.1, 0.15) is 5.84 Å². The molecule has 6 N–H and O–H groups in total. The lowest BCUT2D eigenvalue weighted by atomic mass is 10.1. The van der Waals surface area contributed by atoms with Crippen LogP contribution in [0.25, 0.3) is 0 Å². The van der Waals surface area contributed by atoms with Gasteiger partial charge in [-0.15, -0.1) is 0 Å². The number of nitrogens with zero attached hydrogens (tertiary/aromatic N) is 1. The van der Waals surface area contributed by atoms with Gasteiger partial charge in [-0.3, -0.25) is 0 Å². The molecule has 1 aromatic carbocycles. The Morgan fingerprint density at radius 2 is 1.85 bits per heavy atom. The molecular weight excluding hydrogens is 164 g/mol. The van der Waals surface area contributed by atoms with Crippen molar-refractivity contribution in [3.05, 3.63) is 35.4 Å². The van der Waals surface area contributed by atoms with Crippen LogP contribution in [0.1, 0.15) is 24.1 Å². The summed E-state index contributed by atoms with van der Waals surface area (Å²) in [6.07, 6.45) is 0. The summed E-state index contributed by atoms with van der Waals surface area (Å²) in [5.74, 6) is 5.37. The molecule has 0 aromatic heterocycles. The summed E-state index contributed by atoms with van der Waals surface area (Å²) in [6, 6.07) is 7.57. The van der Waals surface area contributed by atoms with E-state index in [1.54, 1.807) is 0 Å². The quantitative estimate of drug-likeness (QED) is 0.263. The van der Waals surface area contributed by atoms with Crippen molar-refractivity contribution < 1.29 is 0 Å². The Bertz CT molecular complexity index is 300. The van der Waals surface area contributed by atoms with E-state index in [0.717, 1.165) is 11.1 Å². The van der Waals surface area contributed by atoms with Gasteiger partial charge in [-0.1, -0.05) is 24.3 Å². The Morgan fingerprint density at radius 1 is 1.31 bits per heavy atom. The Balaban J connectivity index is 2.94. The van der Waals surface area contributed by atoms with Crippen molar-refractivity contribution in [1.29, 1.82) is 0 Å². The third-order valence-electron chi connectivity index (χ3n) is 1.87. The Labute approximate surface area is 77.4 Å². The normalized spacial score (nSPS) is 14.2. The first kappa shape index (κ1) is 9.54. The molecule has 0 unspecified atom stereocenters. The summed E-state index contributed by atoms with van der Waals surface area (Å²) in [5, 5.41) is 3.40. The van der Waals surface area contributed by atoms with E-state index in [9.17, 15) is 0 Å². The Morgan fingerprint density at radius 3 is 2.23 bits per heavy atom. The number of rotatable bonds is 2. The maximum absolute atomic E-state index is 5.69. The smallest absolute Gasteiger partial charge is 0.150 e. The summed E-state index contributed by atoms with van der Waals surface area (Å²) >= 11 is 0. The molecule has 0 bridgehead atoms. The monoisotopic (exact) mass is 178 g/mol. The Kier molecular flexibility index (Phi) is 2.87. The topological polar surface area (TPSA) is 90.4 Å². The molecule has 0 saturated carbocycles. The number of hydrazone groups is 1. The molecule has 0 amide bonds. The van der Waals surface area contributed by atoms with Crippen molar-refractivity contribution in [3.8, 4) is 0 Å². The minimum absolute atomic E-state index is 0.0325. The minimum Gasteiger partial charge on any atom is -0.382 e. The lowest BCUT2D eigenvalue weighted by Crippen LogP contribution is -2.15. The highest BCUT2D eigenvalue weighted by Crippen LogP contribution is 2.10. The minimum atomic E-state index is 0.0325. The van der Waals surface area contributed by atoms with Crippen molar-refractivity contribution in [2.45, 2.75) is 13.0 Å². The van der Waals surface area contributed by atoms with Crippen LogP contribution in [-0.4, -0.2) is 5.84 Å². The second-order valence-corrected chi connectivity index (χ2v) is 2.93. The highest BCUT2D eigenvalue weighted by atomic mass is 15.1. The average molecular weight is 178 g/mol. The fourth-order valence-corrected chi connectivity index (χ4v) is 1.03. The van der Waals surface area contributed by atoms with E-state index < -0.39 is 0 Å². The van der Waals surface area contributed by atoms with E-state index >= 15 is 0 Å². The molecule has 13 heavy (non-hydrogen) atoms. The maximum atomic E-state index is 5.69. The lowest BCUT2D eigenvalue weighted by molar-refractivity contribution is 0.818. The fraction of sp³-hybridized carbons (Fsp3) is 0.222. The van der Waals surface area contributed by atoms with Crippen LogP contribution in [0.5, 0.6) is 0 Å². The first-order valence-corrected chi connectivity index (χ1v) is 4.04. The summed E-state index contributed by atoms with van der Waals surface area (Å²) < 4.78 is 0. The van der Waals surface area contributed by atoms with Crippen LogP contribution in [0.4, 0.5) is 0 Å². The molecule has 0 heterocycles. The van der Waals surface area contributed by atoms with Gasteiger partial charge < -0.3 is 17.3 Å². The first-order valence-electron chi connectivity index (χ1n) is 4.04. The van der Waals surface area contributed by atoms with Crippen LogP contribution in [0, 0.1) is 0 Å². The zero-order chi connectivity index (χ0) is 9.84. The van der Waals surface area contributed by atoms with E-state index in [2.05, 4.69) is 5.10 Å². The number of amidine groups is 1. The second-order valence-electron chi connectivity index (χ2n) is 2.93. The number of hydrogen-bond acceptors (Lipinski definition) is 3. The van der Waals surface area contributed by atoms with Gasteiger partial charge in [0.25, 0.3) is 0 Å². The molecule has 1 atom stereocenters. The van der Waals surface area contributed by atoms with Crippen molar-refractivity contribution in [2.75, 3.05) is 0 Å². The number of benzene rings is 1.